The third-order valence-electron chi connectivity index (χ3n) is 3.74. The van der Waals surface area contributed by atoms with Gasteiger partial charge in [-0.15, -0.1) is 0 Å². The van der Waals surface area contributed by atoms with E-state index >= 15 is 0 Å². The van der Waals surface area contributed by atoms with E-state index in [2.05, 4.69) is 5.32 Å². The number of anilines is 1. The SMILES string of the molecule is Cc1ccc(C(=O)O)cc1NCc1ccc(-c2ccccc2Cl)o1. The topological polar surface area (TPSA) is 62.5 Å². The van der Waals surface area contributed by atoms with Gasteiger partial charge in [-0.1, -0.05) is 29.8 Å². The maximum atomic E-state index is 11.1. The molecule has 3 rings (SSSR count). The van der Waals surface area contributed by atoms with Gasteiger partial charge >= 0.3 is 5.97 Å². The largest absolute Gasteiger partial charge is 0.478 e. The Bertz CT molecular complexity index is 886. The number of benzene rings is 2. The van der Waals surface area contributed by atoms with E-state index in [1.807, 2.05) is 43.3 Å². The van der Waals surface area contributed by atoms with Crippen LogP contribution in [0, 0.1) is 6.92 Å². The molecule has 0 saturated heterocycles. The molecule has 2 aromatic carbocycles. The van der Waals surface area contributed by atoms with Gasteiger partial charge in [0, 0.05) is 11.3 Å². The van der Waals surface area contributed by atoms with Gasteiger partial charge in [0.05, 0.1) is 17.1 Å². The first kappa shape index (κ1) is 16.1. The van der Waals surface area contributed by atoms with Gasteiger partial charge in [-0.25, -0.2) is 4.79 Å². The lowest BCUT2D eigenvalue weighted by Gasteiger charge is -2.09. The van der Waals surface area contributed by atoms with Crippen LogP contribution in [0.4, 0.5) is 5.69 Å². The predicted octanol–water partition coefficient (Wildman–Crippen LogP) is 5.22. The molecule has 1 aromatic heterocycles. The number of nitrogens with one attached hydrogen (secondary N) is 1. The average molecular weight is 342 g/mol. The maximum absolute atomic E-state index is 11.1. The molecule has 0 amide bonds. The van der Waals surface area contributed by atoms with Gasteiger partial charge in [0.25, 0.3) is 0 Å². The summed E-state index contributed by atoms with van der Waals surface area (Å²) in [6.07, 6.45) is 0. The van der Waals surface area contributed by atoms with E-state index in [0.29, 0.717) is 17.3 Å². The first-order valence-electron chi connectivity index (χ1n) is 7.46. The van der Waals surface area contributed by atoms with Crippen molar-refractivity contribution >= 4 is 23.3 Å². The molecular formula is C19H16ClNO3. The van der Waals surface area contributed by atoms with E-state index in [-0.39, 0.29) is 5.56 Å². The second kappa shape index (κ2) is 6.81. The highest BCUT2D eigenvalue weighted by Gasteiger charge is 2.09. The van der Waals surface area contributed by atoms with Gasteiger partial charge in [0.1, 0.15) is 11.5 Å². The number of carboxylic acid groups (broad SMARTS) is 1. The van der Waals surface area contributed by atoms with Crippen LogP contribution in [0.2, 0.25) is 5.02 Å². The Balaban J connectivity index is 1.76. The number of rotatable bonds is 5. The maximum Gasteiger partial charge on any atom is 0.335 e. The Kier molecular flexibility index (Phi) is 4.58. The number of carbonyl (C=O) groups is 1. The summed E-state index contributed by atoms with van der Waals surface area (Å²) < 4.78 is 5.83. The summed E-state index contributed by atoms with van der Waals surface area (Å²) in [5, 5.41) is 12.9. The first-order chi connectivity index (χ1) is 11.5. The van der Waals surface area contributed by atoms with Crippen LogP contribution in [0.15, 0.2) is 59.0 Å². The molecule has 0 atom stereocenters. The number of carboxylic acids is 1. The molecule has 0 aliphatic heterocycles. The molecule has 0 aliphatic carbocycles. The Hall–Kier alpha value is -2.72. The monoisotopic (exact) mass is 341 g/mol. The highest BCUT2D eigenvalue weighted by Crippen LogP contribution is 2.29. The molecule has 0 fully saturated rings. The number of aryl methyl sites for hydroxylation is 1. The zero-order valence-corrected chi connectivity index (χ0v) is 13.8. The molecule has 3 aromatic rings. The van der Waals surface area contributed by atoms with Gasteiger partial charge in [-0.3, -0.25) is 0 Å². The van der Waals surface area contributed by atoms with Gasteiger partial charge < -0.3 is 14.8 Å². The normalized spacial score (nSPS) is 10.6. The smallest absolute Gasteiger partial charge is 0.335 e. The van der Waals surface area contributed by atoms with Crippen molar-refractivity contribution in [3.63, 3.8) is 0 Å². The lowest BCUT2D eigenvalue weighted by molar-refractivity contribution is 0.0697. The lowest BCUT2D eigenvalue weighted by atomic mass is 10.1. The number of hydrogen-bond donors (Lipinski definition) is 2. The molecule has 0 aliphatic rings. The van der Waals surface area contributed by atoms with Crippen LogP contribution in [0.5, 0.6) is 0 Å². The van der Waals surface area contributed by atoms with Crippen molar-refractivity contribution in [2.75, 3.05) is 5.32 Å². The van der Waals surface area contributed by atoms with E-state index in [9.17, 15) is 4.79 Å². The molecule has 0 radical (unpaired) electrons. The molecule has 0 unspecified atom stereocenters. The fraction of sp³-hybridized carbons (Fsp3) is 0.105. The Morgan fingerprint density at radius 1 is 1.17 bits per heavy atom. The van der Waals surface area contributed by atoms with Crippen LogP contribution < -0.4 is 5.32 Å². The van der Waals surface area contributed by atoms with Crippen molar-refractivity contribution in [1.82, 2.24) is 0 Å². The molecule has 5 heteroatoms. The van der Waals surface area contributed by atoms with E-state index in [0.717, 1.165) is 22.6 Å². The quantitative estimate of drug-likeness (QED) is 0.668. The summed E-state index contributed by atoms with van der Waals surface area (Å²) in [7, 11) is 0. The van der Waals surface area contributed by atoms with E-state index in [1.165, 1.54) is 0 Å². The van der Waals surface area contributed by atoms with Crippen molar-refractivity contribution in [1.29, 1.82) is 0 Å². The third kappa shape index (κ3) is 3.44. The Morgan fingerprint density at radius 2 is 1.96 bits per heavy atom. The van der Waals surface area contributed by atoms with Crippen LogP contribution in [0.3, 0.4) is 0 Å². The van der Waals surface area contributed by atoms with Crippen molar-refractivity contribution in [3.8, 4) is 11.3 Å². The molecule has 2 N–H and O–H groups in total. The van der Waals surface area contributed by atoms with Crippen molar-refractivity contribution in [2.24, 2.45) is 0 Å². The average Bonchev–Trinajstić information content (AvgIpc) is 3.03. The van der Waals surface area contributed by atoms with E-state index in [1.54, 1.807) is 18.2 Å². The summed E-state index contributed by atoms with van der Waals surface area (Å²) in [5.41, 5.74) is 2.83. The highest BCUT2D eigenvalue weighted by atomic mass is 35.5. The minimum absolute atomic E-state index is 0.249. The molecule has 122 valence electrons. The predicted molar refractivity (Wildman–Crippen MR) is 94.6 cm³/mol. The van der Waals surface area contributed by atoms with Gasteiger partial charge in [-0.05, 0) is 48.9 Å². The van der Waals surface area contributed by atoms with E-state index < -0.39 is 5.97 Å². The van der Waals surface area contributed by atoms with Gasteiger partial charge in [0.15, 0.2) is 0 Å². The summed E-state index contributed by atoms with van der Waals surface area (Å²) >= 11 is 6.18. The second-order valence-corrected chi connectivity index (χ2v) is 5.84. The second-order valence-electron chi connectivity index (χ2n) is 5.43. The van der Waals surface area contributed by atoms with Crippen molar-refractivity contribution in [2.45, 2.75) is 13.5 Å². The number of aromatic carboxylic acids is 1. The number of halogens is 1. The fourth-order valence-electron chi connectivity index (χ4n) is 2.41. The zero-order valence-electron chi connectivity index (χ0n) is 13.0. The molecule has 0 saturated carbocycles. The van der Waals surface area contributed by atoms with Crippen LogP contribution >= 0.6 is 11.6 Å². The van der Waals surface area contributed by atoms with Crippen LogP contribution in [0.25, 0.3) is 11.3 Å². The third-order valence-corrected chi connectivity index (χ3v) is 4.07. The van der Waals surface area contributed by atoms with Gasteiger partial charge in [-0.2, -0.15) is 0 Å². The lowest BCUT2D eigenvalue weighted by Crippen LogP contribution is -2.03. The summed E-state index contributed by atoms with van der Waals surface area (Å²) in [6.45, 7) is 2.37. The zero-order chi connectivity index (χ0) is 17.1. The van der Waals surface area contributed by atoms with Gasteiger partial charge in [0.2, 0.25) is 0 Å². The highest BCUT2D eigenvalue weighted by molar-refractivity contribution is 6.33. The molecule has 0 spiro atoms. The minimum atomic E-state index is -0.947. The van der Waals surface area contributed by atoms with Crippen molar-refractivity contribution < 1.29 is 14.3 Å². The van der Waals surface area contributed by atoms with Crippen LogP contribution in [0.1, 0.15) is 21.7 Å². The summed E-state index contributed by atoms with van der Waals surface area (Å²) in [5.74, 6) is 0.496. The standard InChI is InChI=1S/C19H16ClNO3/c1-12-6-7-13(19(22)23)10-17(12)21-11-14-8-9-18(24-14)15-4-2-3-5-16(15)20/h2-10,21H,11H2,1H3,(H,22,23). The molecule has 4 nitrogen and oxygen atoms in total. The summed E-state index contributed by atoms with van der Waals surface area (Å²) in [6, 6.07) is 16.2. The first-order valence-corrected chi connectivity index (χ1v) is 7.84. The number of furan rings is 1. The summed E-state index contributed by atoms with van der Waals surface area (Å²) in [4.78, 5) is 11.1. The molecular weight excluding hydrogens is 326 g/mol. The van der Waals surface area contributed by atoms with E-state index in [4.69, 9.17) is 21.1 Å². The molecule has 0 bridgehead atoms. The fourth-order valence-corrected chi connectivity index (χ4v) is 2.64. The van der Waals surface area contributed by atoms with Crippen LogP contribution in [-0.2, 0) is 6.54 Å². The molecule has 24 heavy (non-hydrogen) atoms. The van der Waals surface area contributed by atoms with Crippen LogP contribution in [-0.4, -0.2) is 11.1 Å². The Morgan fingerprint density at radius 3 is 2.71 bits per heavy atom. The van der Waals surface area contributed by atoms with Crippen molar-refractivity contribution in [3.05, 3.63) is 76.5 Å². The molecule has 1 heterocycles. The Labute approximate surface area is 144 Å². The number of hydrogen-bond acceptors (Lipinski definition) is 3. The minimum Gasteiger partial charge on any atom is -0.478 e.